The Morgan fingerprint density at radius 2 is 1.52 bits per heavy atom. The number of hydrogen-bond donors (Lipinski definition) is 0. The van der Waals surface area contributed by atoms with Gasteiger partial charge in [0.2, 0.25) is 5.91 Å². The lowest BCUT2D eigenvalue weighted by molar-refractivity contribution is -0.138. The van der Waals surface area contributed by atoms with E-state index in [0.717, 1.165) is 4.31 Å². The predicted octanol–water partition coefficient (Wildman–Crippen LogP) is 3.91. The van der Waals surface area contributed by atoms with Crippen LogP contribution < -0.4 is 23.3 Å². The Labute approximate surface area is 261 Å². The van der Waals surface area contributed by atoms with Crippen molar-refractivity contribution in [3.8, 4) is 23.0 Å². The van der Waals surface area contributed by atoms with Crippen LogP contribution in [-0.4, -0.2) is 85.2 Å². The summed E-state index contributed by atoms with van der Waals surface area (Å²) in [6, 6.07) is 13.1. The second-order valence-electron chi connectivity index (χ2n) is 10.6. The number of sulfonamides is 1. The van der Waals surface area contributed by atoms with Crippen molar-refractivity contribution in [2.24, 2.45) is 0 Å². The maximum atomic E-state index is 15.3. The molecule has 2 aliphatic rings. The monoisotopic (exact) mass is 643 g/mol. The van der Waals surface area contributed by atoms with Crippen molar-refractivity contribution in [2.45, 2.75) is 29.3 Å². The van der Waals surface area contributed by atoms with Gasteiger partial charge < -0.3 is 23.8 Å². The first-order chi connectivity index (χ1) is 21.0. The average Bonchev–Trinajstić information content (AvgIpc) is 3.60. The quantitative estimate of drug-likeness (QED) is 0.342. The van der Waals surface area contributed by atoms with Crippen LogP contribution in [0.2, 0.25) is 5.02 Å². The van der Waals surface area contributed by atoms with Crippen LogP contribution in [0.5, 0.6) is 23.0 Å². The van der Waals surface area contributed by atoms with E-state index in [1.165, 1.54) is 63.7 Å². The van der Waals surface area contributed by atoms with Gasteiger partial charge in [-0.1, -0.05) is 11.6 Å². The van der Waals surface area contributed by atoms with Crippen LogP contribution >= 0.6 is 11.6 Å². The molecule has 0 N–H and O–H groups in total. The first kappa shape index (κ1) is 31.4. The number of likely N-dealkylation sites (N-methyl/N-ethyl adjacent to an activating group) is 1. The highest BCUT2D eigenvalue weighted by molar-refractivity contribution is 7.93. The molecule has 1 saturated heterocycles. The highest BCUT2D eigenvalue weighted by atomic mass is 35.5. The van der Waals surface area contributed by atoms with Gasteiger partial charge >= 0.3 is 0 Å². The van der Waals surface area contributed by atoms with Crippen LogP contribution in [0.4, 0.5) is 5.69 Å². The second-order valence-corrected chi connectivity index (χ2v) is 12.8. The minimum Gasteiger partial charge on any atom is -0.497 e. The number of likely N-dealkylation sites (tertiary alicyclic amines) is 1. The largest absolute Gasteiger partial charge is 0.497 e. The van der Waals surface area contributed by atoms with Crippen LogP contribution in [-0.2, 0) is 25.2 Å². The van der Waals surface area contributed by atoms with Crippen molar-refractivity contribution in [3.05, 3.63) is 70.7 Å². The number of rotatable bonds is 9. The number of amides is 2. The normalized spacial score (nSPS) is 19.9. The first-order valence-electron chi connectivity index (χ1n) is 13.8. The molecule has 2 atom stereocenters. The standard InChI is InChI=1S/C31H34ClN3O8S/c1-33(2)29(36)25-8-7-15-34(25)31(22-12-10-20(40-3)17-26(22)42-5)23-16-19(32)9-13-24(23)35(30(31)37)44(38,39)28-14-11-21(41-4)18-27(28)43-6/h9-14,16-18,25H,7-8,15H2,1-6H3/t25-,31?/m0/s1. The van der Waals surface area contributed by atoms with Crippen molar-refractivity contribution in [1.29, 1.82) is 0 Å². The number of carbonyl (C=O) groups is 2. The molecule has 234 valence electrons. The topological polar surface area (TPSA) is 115 Å². The molecule has 11 nitrogen and oxygen atoms in total. The lowest BCUT2D eigenvalue weighted by Gasteiger charge is -2.42. The smallest absolute Gasteiger partial charge is 0.274 e. The molecule has 3 aromatic carbocycles. The average molecular weight is 644 g/mol. The molecule has 13 heteroatoms. The fourth-order valence-electron chi connectivity index (χ4n) is 6.18. The van der Waals surface area contributed by atoms with Gasteiger partial charge in [0.25, 0.3) is 15.9 Å². The summed E-state index contributed by atoms with van der Waals surface area (Å²) in [4.78, 5) is 31.9. The van der Waals surface area contributed by atoms with Crippen LogP contribution in [0, 0.1) is 0 Å². The Kier molecular flexibility index (Phi) is 8.45. The van der Waals surface area contributed by atoms with Gasteiger partial charge in [-0.3, -0.25) is 14.5 Å². The fourth-order valence-corrected chi connectivity index (χ4v) is 7.96. The second kappa shape index (κ2) is 11.8. The number of fused-ring (bicyclic) bond motifs is 1. The van der Waals surface area contributed by atoms with Gasteiger partial charge in [-0.25, -0.2) is 12.7 Å². The molecular formula is C31H34ClN3O8S. The van der Waals surface area contributed by atoms with Crippen LogP contribution in [0.25, 0.3) is 0 Å². The molecule has 0 bridgehead atoms. The molecular weight excluding hydrogens is 610 g/mol. The Morgan fingerprint density at radius 1 is 0.886 bits per heavy atom. The molecule has 0 aromatic heterocycles. The molecule has 1 fully saturated rings. The maximum Gasteiger partial charge on any atom is 0.274 e. The highest BCUT2D eigenvalue weighted by Crippen LogP contribution is 2.55. The number of carbonyl (C=O) groups excluding carboxylic acids is 2. The van der Waals surface area contributed by atoms with E-state index in [4.69, 9.17) is 30.5 Å². The third-order valence-corrected chi connectivity index (χ3v) is 10.1. The van der Waals surface area contributed by atoms with E-state index in [1.54, 1.807) is 43.3 Å². The first-order valence-corrected chi connectivity index (χ1v) is 15.6. The summed E-state index contributed by atoms with van der Waals surface area (Å²) in [5, 5.41) is 0.282. The fraction of sp³-hybridized carbons (Fsp3) is 0.355. The van der Waals surface area contributed by atoms with Gasteiger partial charge in [0, 0.05) is 48.9 Å². The Balaban J connectivity index is 1.86. The molecule has 44 heavy (non-hydrogen) atoms. The maximum absolute atomic E-state index is 15.3. The van der Waals surface area contributed by atoms with E-state index in [9.17, 15) is 13.2 Å². The molecule has 2 aliphatic heterocycles. The number of hydrogen-bond acceptors (Lipinski definition) is 9. The SMILES string of the molecule is COc1ccc(C2(N3CCC[C@H]3C(=O)N(C)C)C(=O)N(S(=O)(=O)c3ccc(OC)cc3OC)c3ccc(Cl)cc32)c(OC)c1. The lowest BCUT2D eigenvalue weighted by Crippen LogP contribution is -2.59. The summed E-state index contributed by atoms with van der Waals surface area (Å²) in [5.74, 6) is 0.0766. The third kappa shape index (κ3) is 4.72. The zero-order valence-corrected chi connectivity index (χ0v) is 26.9. The summed E-state index contributed by atoms with van der Waals surface area (Å²) in [6.45, 7) is 0.316. The molecule has 5 rings (SSSR count). The summed E-state index contributed by atoms with van der Waals surface area (Å²) >= 11 is 6.57. The molecule has 0 spiro atoms. The number of benzene rings is 3. The zero-order valence-electron chi connectivity index (χ0n) is 25.3. The minimum atomic E-state index is -4.60. The van der Waals surface area contributed by atoms with Gasteiger partial charge in [-0.05, 0) is 55.3 Å². The van der Waals surface area contributed by atoms with E-state index in [1.807, 2.05) is 0 Å². The molecule has 0 aliphatic carbocycles. The number of methoxy groups -OCH3 is 4. The van der Waals surface area contributed by atoms with E-state index in [-0.39, 0.29) is 33.0 Å². The molecule has 0 radical (unpaired) electrons. The number of ether oxygens (including phenoxy) is 4. The van der Waals surface area contributed by atoms with Gasteiger partial charge in [0.05, 0.1) is 40.2 Å². The number of anilines is 1. The van der Waals surface area contributed by atoms with E-state index in [0.29, 0.717) is 42.0 Å². The van der Waals surface area contributed by atoms with Crippen LogP contribution in [0.3, 0.4) is 0 Å². The summed E-state index contributed by atoms with van der Waals surface area (Å²) in [7, 11) is 4.43. The van der Waals surface area contributed by atoms with E-state index >= 15 is 4.79 Å². The summed E-state index contributed by atoms with van der Waals surface area (Å²) in [5.41, 5.74) is -1.09. The minimum absolute atomic E-state index is 0.00553. The van der Waals surface area contributed by atoms with Crippen molar-refractivity contribution >= 4 is 39.1 Å². The Morgan fingerprint density at radius 3 is 2.14 bits per heavy atom. The van der Waals surface area contributed by atoms with Crippen LogP contribution in [0.15, 0.2) is 59.5 Å². The Bertz CT molecular complexity index is 1730. The molecule has 2 amide bonds. The molecule has 1 unspecified atom stereocenters. The molecule has 3 aromatic rings. The molecule has 0 saturated carbocycles. The predicted molar refractivity (Wildman–Crippen MR) is 164 cm³/mol. The van der Waals surface area contributed by atoms with Crippen molar-refractivity contribution < 1.29 is 37.0 Å². The zero-order chi connectivity index (χ0) is 32.0. The van der Waals surface area contributed by atoms with E-state index in [2.05, 4.69) is 0 Å². The van der Waals surface area contributed by atoms with Gasteiger partial charge in [0.15, 0.2) is 5.54 Å². The van der Waals surface area contributed by atoms with Gasteiger partial charge in [-0.15, -0.1) is 0 Å². The third-order valence-electron chi connectivity index (χ3n) is 8.16. The van der Waals surface area contributed by atoms with Gasteiger partial charge in [0.1, 0.15) is 27.9 Å². The Hall–Kier alpha value is -4.00. The van der Waals surface area contributed by atoms with E-state index < -0.39 is 27.5 Å². The van der Waals surface area contributed by atoms with Crippen molar-refractivity contribution in [1.82, 2.24) is 9.80 Å². The summed E-state index contributed by atoms with van der Waals surface area (Å²) < 4.78 is 51.9. The lowest BCUT2D eigenvalue weighted by atomic mass is 9.80. The number of nitrogens with zero attached hydrogens (tertiary/aromatic N) is 3. The van der Waals surface area contributed by atoms with Crippen molar-refractivity contribution in [2.75, 3.05) is 53.4 Å². The van der Waals surface area contributed by atoms with Crippen molar-refractivity contribution in [3.63, 3.8) is 0 Å². The highest BCUT2D eigenvalue weighted by Gasteiger charge is 2.63. The summed E-state index contributed by atoms with van der Waals surface area (Å²) in [6.07, 6.45) is 1.05. The molecule has 2 heterocycles. The van der Waals surface area contributed by atoms with Gasteiger partial charge in [-0.2, -0.15) is 0 Å². The van der Waals surface area contributed by atoms with Crippen LogP contribution in [0.1, 0.15) is 24.0 Å². The number of halogens is 1.